The number of hydrogen-bond acceptors (Lipinski definition) is 3. The van der Waals surface area contributed by atoms with Crippen molar-refractivity contribution in [2.75, 3.05) is 5.32 Å². The number of nitrogens with one attached hydrogen (secondary N) is 2. The van der Waals surface area contributed by atoms with E-state index in [0.29, 0.717) is 12.2 Å². The second-order valence-corrected chi connectivity index (χ2v) is 5.21. The van der Waals surface area contributed by atoms with Gasteiger partial charge in [-0.3, -0.25) is 9.89 Å². The van der Waals surface area contributed by atoms with Gasteiger partial charge in [-0.1, -0.05) is 30.3 Å². The summed E-state index contributed by atoms with van der Waals surface area (Å²) >= 11 is 0. The molecule has 0 saturated carbocycles. The highest BCUT2D eigenvalue weighted by Gasteiger charge is 2.12. The quantitative estimate of drug-likeness (QED) is 0.756. The van der Waals surface area contributed by atoms with Gasteiger partial charge in [0.05, 0.1) is 12.1 Å². The molecule has 0 spiro atoms. The van der Waals surface area contributed by atoms with E-state index in [1.165, 1.54) is 0 Å². The second kappa shape index (κ2) is 6.99. The fourth-order valence-corrected chi connectivity index (χ4v) is 2.21. The number of carbonyl (C=O) groups is 1. The Morgan fingerprint density at radius 1 is 1.12 bits per heavy atom. The minimum Gasteiger partial charge on any atom is -0.323 e. The molecule has 2 aromatic carbocycles. The third-order valence-corrected chi connectivity index (χ3v) is 3.31. The van der Waals surface area contributed by atoms with Crippen LogP contribution in [0, 0.1) is 11.6 Å². The summed E-state index contributed by atoms with van der Waals surface area (Å²) in [5.74, 6) is -0.944. The zero-order valence-corrected chi connectivity index (χ0v) is 12.6. The molecular formula is C17H14F2N4O. The van der Waals surface area contributed by atoms with Gasteiger partial charge >= 0.3 is 0 Å². The van der Waals surface area contributed by atoms with Gasteiger partial charge in [0, 0.05) is 12.5 Å². The van der Waals surface area contributed by atoms with Gasteiger partial charge in [-0.2, -0.15) is 5.10 Å². The number of aromatic amines is 1. The average Bonchev–Trinajstić information content (AvgIpc) is 2.98. The van der Waals surface area contributed by atoms with Crippen LogP contribution in [0.5, 0.6) is 0 Å². The molecule has 7 heteroatoms. The Hall–Kier alpha value is -3.09. The number of halogens is 2. The highest BCUT2D eigenvalue weighted by molar-refractivity contribution is 5.91. The summed E-state index contributed by atoms with van der Waals surface area (Å²) in [6, 6.07) is 12.5. The minimum atomic E-state index is -0.704. The van der Waals surface area contributed by atoms with Crippen LogP contribution in [0.1, 0.15) is 17.2 Å². The summed E-state index contributed by atoms with van der Waals surface area (Å²) < 4.78 is 26.6. The van der Waals surface area contributed by atoms with E-state index in [1.807, 2.05) is 30.3 Å². The lowest BCUT2D eigenvalue weighted by Gasteiger charge is -2.04. The van der Waals surface area contributed by atoms with Crippen LogP contribution in [0.2, 0.25) is 0 Å². The van der Waals surface area contributed by atoms with Crippen molar-refractivity contribution in [3.63, 3.8) is 0 Å². The molecule has 1 aromatic heterocycles. The van der Waals surface area contributed by atoms with Gasteiger partial charge in [0.15, 0.2) is 5.82 Å². The first-order valence-electron chi connectivity index (χ1n) is 7.29. The van der Waals surface area contributed by atoms with E-state index < -0.39 is 17.5 Å². The summed E-state index contributed by atoms with van der Waals surface area (Å²) in [5, 5.41) is 9.05. The summed E-state index contributed by atoms with van der Waals surface area (Å²) in [6.45, 7) is 0. The van der Waals surface area contributed by atoms with Gasteiger partial charge in [-0.15, -0.1) is 0 Å². The Morgan fingerprint density at radius 2 is 1.92 bits per heavy atom. The number of aromatic nitrogens is 3. The van der Waals surface area contributed by atoms with Crippen molar-refractivity contribution in [3.05, 3.63) is 77.4 Å². The average molecular weight is 328 g/mol. The van der Waals surface area contributed by atoms with Crippen molar-refractivity contribution in [1.82, 2.24) is 15.2 Å². The lowest BCUT2D eigenvalue weighted by molar-refractivity contribution is -0.115. The van der Waals surface area contributed by atoms with Crippen LogP contribution >= 0.6 is 0 Å². The van der Waals surface area contributed by atoms with Crippen LogP contribution in [0.25, 0.3) is 0 Å². The normalized spacial score (nSPS) is 10.6. The molecule has 1 amide bonds. The molecule has 0 aliphatic heterocycles. The first kappa shape index (κ1) is 15.8. The van der Waals surface area contributed by atoms with Gasteiger partial charge in [0.2, 0.25) is 5.91 Å². The number of carbonyl (C=O) groups excluding carboxylic acids is 1. The summed E-state index contributed by atoms with van der Waals surface area (Å²) in [7, 11) is 0. The standard InChI is InChI=1S/C17H14F2N4O/c18-12-6-7-13(19)14(9-12)20-17(24)10-16-21-15(22-23-16)8-11-4-2-1-3-5-11/h1-7,9H,8,10H2,(H,20,24)(H,21,22,23). The summed E-state index contributed by atoms with van der Waals surface area (Å²) in [5.41, 5.74) is 0.853. The molecule has 0 atom stereocenters. The van der Waals surface area contributed by atoms with Gasteiger partial charge in [0.25, 0.3) is 0 Å². The van der Waals surface area contributed by atoms with Crippen LogP contribution in [0.4, 0.5) is 14.5 Å². The SMILES string of the molecule is O=C(Cc1n[nH]c(Cc2ccccc2)n1)Nc1cc(F)ccc1F. The minimum absolute atomic E-state index is 0.138. The van der Waals surface area contributed by atoms with E-state index in [9.17, 15) is 13.6 Å². The van der Waals surface area contributed by atoms with Crippen molar-refractivity contribution >= 4 is 11.6 Å². The molecule has 0 saturated heterocycles. The molecule has 1 heterocycles. The number of rotatable bonds is 5. The van der Waals surface area contributed by atoms with Crippen LogP contribution < -0.4 is 5.32 Å². The molecule has 5 nitrogen and oxygen atoms in total. The monoisotopic (exact) mass is 328 g/mol. The molecule has 2 N–H and O–H groups in total. The van der Waals surface area contributed by atoms with Gasteiger partial charge in [-0.05, 0) is 17.7 Å². The van der Waals surface area contributed by atoms with Crippen LogP contribution in [-0.2, 0) is 17.6 Å². The first-order valence-corrected chi connectivity index (χ1v) is 7.29. The van der Waals surface area contributed by atoms with Gasteiger partial charge < -0.3 is 5.32 Å². The van der Waals surface area contributed by atoms with Crippen molar-refractivity contribution < 1.29 is 13.6 Å². The highest BCUT2D eigenvalue weighted by Crippen LogP contribution is 2.15. The van der Waals surface area contributed by atoms with Crippen LogP contribution in [0.15, 0.2) is 48.5 Å². The zero-order valence-electron chi connectivity index (χ0n) is 12.6. The molecule has 0 aliphatic rings. The van der Waals surface area contributed by atoms with Crippen molar-refractivity contribution in [2.24, 2.45) is 0 Å². The molecule has 0 fully saturated rings. The number of H-pyrrole nitrogens is 1. The maximum absolute atomic E-state index is 13.5. The number of anilines is 1. The maximum atomic E-state index is 13.5. The maximum Gasteiger partial charge on any atom is 0.232 e. The van der Waals surface area contributed by atoms with E-state index >= 15 is 0 Å². The second-order valence-electron chi connectivity index (χ2n) is 5.21. The highest BCUT2D eigenvalue weighted by atomic mass is 19.1. The zero-order chi connectivity index (χ0) is 16.9. The molecule has 0 unspecified atom stereocenters. The Kier molecular flexibility index (Phi) is 4.60. The number of benzene rings is 2. The Bertz CT molecular complexity index is 849. The molecule has 3 rings (SSSR count). The molecule has 0 bridgehead atoms. The molecular weight excluding hydrogens is 314 g/mol. The van der Waals surface area contributed by atoms with Crippen LogP contribution in [-0.4, -0.2) is 21.1 Å². The fraction of sp³-hybridized carbons (Fsp3) is 0.118. The third-order valence-electron chi connectivity index (χ3n) is 3.31. The van der Waals surface area contributed by atoms with Gasteiger partial charge in [-0.25, -0.2) is 13.8 Å². The molecule has 3 aromatic rings. The lowest BCUT2D eigenvalue weighted by atomic mass is 10.1. The Labute approximate surface area is 136 Å². The Balaban J connectivity index is 1.62. The number of amides is 1. The van der Waals surface area contributed by atoms with E-state index in [4.69, 9.17) is 0 Å². The lowest BCUT2D eigenvalue weighted by Crippen LogP contribution is -2.16. The predicted octanol–water partition coefficient (Wildman–Crippen LogP) is 2.85. The smallest absolute Gasteiger partial charge is 0.232 e. The van der Waals surface area contributed by atoms with Crippen molar-refractivity contribution in [3.8, 4) is 0 Å². The Morgan fingerprint density at radius 3 is 2.71 bits per heavy atom. The molecule has 24 heavy (non-hydrogen) atoms. The number of nitrogens with zero attached hydrogens (tertiary/aromatic N) is 2. The van der Waals surface area contributed by atoms with E-state index in [0.717, 1.165) is 23.8 Å². The van der Waals surface area contributed by atoms with Crippen molar-refractivity contribution in [2.45, 2.75) is 12.8 Å². The van der Waals surface area contributed by atoms with Crippen LogP contribution in [0.3, 0.4) is 0 Å². The summed E-state index contributed by atoms with van der Waals surface area (Å²) in [4.78, 5) is 16.2. The predicted molar refractivity (Wildman–Crippen MR) is 84.3 cm³/mol. The van der Waals surface area contributed by atoms with E-state index in [1.54, 1.807) is 0 Å². The number of hydrogen-bond donors (Lipinski definition) is 2. The van der Waals surface area contributed by atoms with E-state index in [-0.39, 0.29) is 17.9 Å². The first-order chi connectivity index (χ1) is 11.6. The third kappa shape index (κ3) is 4.01. The largest absolute Gasteiger partial charge is 0.323 e. The molecule has 0 aliphatic carbocycles. The molecule has 0 radical (unpaired) electrons. The van der Waals surface area contributed by atoms with Crippen molar-refractivity contribution in [1.29, 1.82) is 0 Å². The van der Waals surface area contributed by atoms with E-state index in [2.05, 4.69) is 20.5 Å². The summed E-state index contributed by atoms with van der Waals surface area (Å²) in [6.07, 6.45) is 0.426. The molecule has 122 valence electrons. The van der Waals surface area contributed by atoms with Gasteiger partial charge in [0.1, 0.15) is 17.5 Å². The topological polar surface area (TPSA) is 70.7 Å². The fourth-order valence-electron chi connectivity index (χ4n) is 2.21.